The second-order valence-corrected chi connectivity index (χ2v) is 5.00. The largest absolute Gasteiger partial charge is 0.378 e. The molecule has 0 aromatic rings. The normalized spacial score (nSPS) is 27.4. The third-order valence-electron chi connectivity index (χ3n) is 3.53. The first-order chi connectivity index (χ1) is 7.62. The molecule has 0 bridgehead atoms. The highest BCUT2D eigenvalue weighted by atomic mass is 16.5. The first-order valence-corrected chi connectivity index (χ1v) is 6.29. The van der Waals surface area contributed by atoms with Crippen LogP contribution in [0.4, 0.5) is 0 Å². The van der Waals surface area contributed by atoms with Gasteiger partial charge in [-0.05, 0) is 13.3 Å². The third kappa shape index (κ3) is 3.30. The molecule has 0 aromatic carbocycles. The van der Waals surface area contributed by atoms with Gasteiger partial charge in [-0.15, -0.1) is 6.58 Å². The van der Waals surface area contributed by atoms with Crippen molar-refractivity contribution in [3.05, 3.63) is 12.7 Å². The van der Waals surface area contributed by atoms with Gasteiger partial charge in [-0.25, -0.2) is 0 Å². The smallest absolute Gasteiger partial charge is 0.0655 e. The highest BCUT2D eigenvalue weighted by Gasteiger charge is 2.48. The second kappa shape index (κ2) is 6.38. The molecule has 1 fully saturated rings. The minimum absolute atomic E-state index is 0.272. The van der Waals surface area contributed by atoms with Crippen LogP contribution in [0.5, 0.6) is 0 Å². The van der Waals surface area contributed by atoms with Gasteiger partial charge in [0.05, 0.1) is 6.10 Å². The fraction of sp³-hybridized carbons (Fsp3) is 0.846. The first kappa shape index (κ1) is 13.7. The Bertz CT molecular complexity index is 216. The van der Waals surface area contributed by atoms with Gasteiger partial charge >= 0.3 is 0 Å². The van der Waals surface area contributed by atoms with Gasteiger partial charge in [0.15, 0.2) is 0 Å². The van der Waals surface area contributed by atoms with Crippen LogP contribution in [-0.2, 0) is 4.74 Å². The van der Waals surface area contributed by atoms with E-state index in [1.807, 2.05) is 6.08 Å². The summed E-state index contributed by atoms with van der Waals surface area (Å²) in [6, 6.07) is 0.592. The zero-order valence-corrected chi connectivity index (χ0v) is 10.9. The Labute approximate surface area is 99.6 Å². The van der Waals surface area contributed by atoms with Crippen LogP contribution in [0, 0.1) is 5.41 Å². The van der Waals surface area contributed by atoms with Gasteiger partial charge < -0.3 is 15.4 Å². The molecule has 0 amide bonds. The van der Waals surface area contributed by atoms with E-state index in [9.17, 15) is 0 Å². The van der Waals surface area contributed by atoms with E-state index in [1.165, 1.54) is 0 Å². The Morgan fingerprint density at radius 3 is 2.75 bits per heavy atom. The van der Waals surface area contributed by atoms with Crippen molar-refractivity contribution in [2.24, 2.45) is 5.41 Å². The maximum Gasteiger partial charge on any atom is 0.0655 e. The minimum atomic E-state index is 0.272. The van der Waals surface area contributed by atoms with Crippen LogP contribution in [0.3, 0.4) is 0 Å². The van der Waals surface area contributed by atoms with Gasteiger partial charge in [0.1, 0.15) is 0 Å². The van der Waals surface area contributed by atoms with Crippen LogP contribution in [0.1, 0.15) is 27.2 Å². The van der Waals surface area contributed by atoms with Crippen LogP contribution in [0.2, 0.25) is 0 Å². The summed E-state index contributed by atoms with van der Waals surface area (Å²) in [5.74, 6) is 0. The topological polar surface area (TPSA) is 33.3 Å². The van der Waals surface area contributed by atoms with Crippen molar-refractivity contribution in [1.29, 1.82) is 0 Å². The molecule has 2 atom stereocenters. The maximum atomic E-state index is 5.70. The Hall–Kier alpha value is -0.380. The molecule has 1 saturated carbocycles. The molecule has 0 aliphatic heterocycles. The average Bonchev–Trinajstić information content (AvgIpc) is 2.26. The molecule has 0 heterocycles. The standard InChI is InChI=1S/C13H26N2O/c1-5-7-14-8-9-15-11-10-12(16-6-2)13(11,3)4/h5,11-12,14-15H,1,6-10H2,2-4H3. The summed E-state index contributed by atoms with van der Waals surface area (Å²) in [6.45, 7) is 14.0. The fourth-order valence-corrected chi connectivity index (χ4v) is 2.25. The lowest BCUT2D eigenvalue weighted by molar-refractivity contribution is -0.113. The Morgan fingerprint density at radius 1 is 1.44 bits per heavy atom. The van der Waals surface area contributed by atoms with Gasteiger partial charge in [-0.2, -0.15) is 0 Å². The van der Waals surface area contributed by atoms with Gasteiger partial charge in [0, 0.05) is 37.7 Å². The molecular weight excluding hydrogens is 200 g/mol. The molecule has 16 heavy (non-hydrogen) atoms. The summed E-state index contributed by atoms with van der Waals surface area (Å²) in [5.41, 5.74) is 0.272. The van der Waals surface area contributed by atoms with Crippen LogP contribution in [0.25, 0.3) is 0 Å². The molecule has 2 N–H and O–H groups in total. The predicted molar refractivity (Wildman–Crippen MR) is 68.7 cm³/mol. The summed E-state index contributed by atoms with van der Waals surface area (Å²) in [5, 5.41) is 6.87. The molecule has 94 valence electrons. The average molecular weight is 226 g/mol. The number of hydrogen-bond donors (Lipinski definition) is 2. The van der Waals surface area contributed by atoms with E-state index >= 15 is 0 Å². The van der Waals surface area contributed by atoms with Crippen molar-refractivity contribution in [3.63, 3.8) is 0 Å². The molecule has 0 aromatic heterocycles. The summed E-state index contributed by atoms with van der Waals surface area (Å²) < 4.78 is 5.70. The van der Waals surface area contributed by atoms with Crippen LogP contribution in [-0.4, -0.2) is 38.4 Å². The van der Waals surface area contributed by atoms with Gasteiger partial charge in [-0.3, -0.25) is 0 Å². The monoisotopic (exact) mass is 226 g/mol. The molecule has 2 unspecified atom stereocenters. The third-order valence-corrected chi connectivity index (χ3v) is 3.53. The summed E-state index contributed by atoms with van der Waals surface area (Å²) in [7, 11) is 0. The summed E-state index contributed by atoms with van der Waals surface area (Å²) in [6.07, 6.45) is 3.46. The van der Waals surface area contributed by atoms with Crippen LogP contribution >= 0.6 is 0 Å². The van der Waals surface area contributed by atoms with E-state index in [0.717, 1.165) is 32.7 Å². The second-order valence-electron chi connectivity index (χ2n) is 5.00. The maximum absolute atomic E-state index is 5.70. The predicted octanol–water partition coefficient (Wildman–Crippen LogP) is 1.56. The SMILES string of the molecule is C=CCNCCNC1CC(OCC)C1(C)C. The Kier molecular flexibility index (Phi) is 5.46. The van der Waals surface area contributed by atoms with Gasteiger partial charge in [0.25, 0.3) is 0 Å². The molecule has 0 radical (unpaired) electrons. The van der Waals surface area contributed by atoms with Crippen LogP contribution in [0.15, 0.2) is 12.7 Å². The highest BCUT2D eigenvalue weighted by molar-refractivity contribution is 5.02. The fourth-order valence-electron chi connectivity index (χ4n) is 2.25. The molecular formula is C13H26N2O. The zero-order chi connectivity index (χ0) is 12.0. The lowest BCUT2D eigenvalue weighted by Gasteiger charge is -2.52. The number of hydrogen-bond acceptors (Lipinski definition) is 3. The zero-order valence-electron chi connectivity index (χ0n) is 10.9. The number of nitrogens with one attached hydrogen (secondary N) is 2. The van der Waals surface area contributed by atoms with Gasteiger partial charge in [-0.1, -0.05) is 19.9 Å². The van der Waals surface area contributed by atoms with Gasteiger partial charge in [0.2, 0.25) is 0 Å². The molecule has 3 heteroatoms. The van der Waals surface area contributed by atoms with Crippen molar-refractivity contribution in [2.75, 3.05) is 26.2 Å². The lowest BCUT2D eigenvalue weighted by Crippen LogP contribution is -2.61. The van der Waals surface area contributed by atoms with E-state index in [2.05, 4.69) is 38.0 Å². The van der Waals surface area contributed by atoms with E-state index in [-0.39, 0.29) is 5.41 Å². The molecule has 0 saturated heterocycles. The lowest BCUT2D eigenvalue weighted by atomic mass is 9.64. The first-order valence-electron chi connectivity index (χ1n) is 6.29. The summed E-state index contributed by atoms with van der Waals surface area (Å²) >= 11 is 0. The molecule has 1 aliphatic rings. The quantitative estimate of drug-likeness (QED) is 0.487. The van der Waals surface area contributed by atoms with Crippen molar-refractivity contribution >= 4 is 0 Å². The number of rotatable bonds is 8. The Balaban J connectivity index is 2.13. The van der Waals surface area contributed by atoms with Crippen molar-refractivity contribution in [3.8, 4) is 0 Å². The number of ether oxygens (including phenoxy) is 1. The summed E-state index contributed by atoms with van der Waals surface area (Å²) in [4.78, 5) is 0. The van der Waals surface area contributed by atoms with E-state index in [1.54, 1.807) is 0 Å². The van der Waals surface area contributed by atoms with Crippen LogP contribution < -0.4 is 10.6 Å². The Morgan fingerprint density at radius 2 is 2.19 bits per heavy atom. The van der Waals surface area contributed by atoms with Crippen molar-refractivity contribution in [2.45, 2.75) is 39.3 Å². The highest BCUT2D eigenvalue weighted by Crippen LogP contribution is 2.42. The van der Waals surface area contributed by atoms with E-state index < -0.39 is 0 Å². The van der Waals surface area contributed by atoms with Crippen molar-refractivity contribution in [1.82, 2.24) is 10.6 Å². The molecule has 3 nitrogen and oxygen atoms in total. The molecule has 1 rings (SSSR count). The van der Waals surface area contributed by atoms with E-state index in [4.69, 9.17) is 4.74 Å². The molecule has 0 spiro atoms. The molecule has 1 aliphatic carbocycles. The van der Waals surface area contributed by atoms with Crippen molar-refractivity contribution < 1.29 is 4.74 Å². The minimum Gasteiger partial charge on any atom is -0.378 e. The van der Waals surface area contributed by atoms with E-state index in [0.29, 0.717) is 12.1 Å².